The number of hydrogen-bond donors (Lipinski definition) is 0. The van der Waals surface area contributed by atoms with Crippen LogP contribution >= 0.6 is 0 Å². The van der Waals surface area contributed by atoms with E-state index in [2.05, 4.69) is 0 Å². The third kappa shape index (κ3) is 3.97. The first kappa shape index (κ1) is 21.2. The smallest absolute Gasteiger partial charge is 0.261 e. The van der Waals surface area contributed by atoms with Crippen LogP contribution in [0.2, 0.25) is 0 Å². The topological polar surface area (TPSA) is 74.3 Å². The summed E-state index contributed by atoms with van der Waals surface area (Å²) in [5, 5.41) is 0. The van der Waals surface area contributed by atoms with Gasteiger partial charge in [-0.1, -0.05) is 12.1 Å². The standard InChI is InChI=1S/C24H27NO6/c1-28-20-13-15(14-21(29-2)22(20)30-3)19-11-10-16(31-19)7-6-12-25-23(26)17-8-4-5-9-18(17)24(25)27/h4-5,8-9,13-14,16,19H,6-7,10-12H2,1-3H3. The normalized spacial score (nSPS) is 20.2. The second-order valence-electron chi connectivity index (χ2n) is 7.73. The van der Waals surface area contributed by atoms with Gasteiger partial charge in [0.25, 0.3) is 11.8 Å². The summed E-state index contributed by atoms with van der Waals surface area (Å²) in [6, 6.07) is 10.8. The highest BCUT2D eigenvalue weighted by atomic mass is 16.5. The Morgan fingerprint density at radius 3 is 2.10 bits per heavy atom. The molecule has 31 heavy (non-hydrogen) atoms. The van der Waals surface area contributed by atoms with Gasteiger partial charge in [-0.3, -0.25) is 14.5 Å². The zero-order chi connectivity index (χ0) is 22.0. The summed E-state index contributed by atoms with van der Waals surface area (Å²) in [4.78, 5) is 26.3. The Kier molecular flexibility index (Phi) is 6.13. The van der Waals surface area contributed by atoms with E-state index >= 15 is 0 Å². The molecule has 2 aromatic carbocycles. The molecule has 2 aliphatic rings. The number of ether oxygens (including phenoxy) is 4. The fourth-order valence-electron chi connectivity index (χ4n) is 4.37. The zero-order valence-electron chi connectivity index (χ0n) is 18.1. The molecule has 2 aromatic rings. The van der Waals surface area contributed by atoms with Crippen molar-refractivity contribution in [1.82, 2.24) is 4.90 Å². The van der Waals surface area contributed by atoms with Crippen molar-refractivity contribution in [3.8, 4) is 17.2 Å². The van der Waals surface area contributed by atoms with Crippen LogP contribution in [0.25, 0.3) is 0 Å². The minimum Gasteiger partial charge on any atom is -0.493 e. The molecule has 0 aromatic heterocycles. The van der Waals surface area contributed by atoms with E-state index < -0.39 is 0 Å². The number of methoxy groups -OCH3 is 3. The average molecular weight is 425 g/mol. The molecule has 1 fully saturated rings. The molecule has 0 aliphatic carbocycles. The Morgan fingerprint density at radius 2 is 1.55 bits per heavy atom. The maximum atomic E-state index is 12.5. The molecule has 2 amide bonds. The Labute approximate surface area is 181 Å². The van der Waals surface area contributed by atoms with Crippen molar-refractivity contribution in [2.45, 2.75) is 37.9 Å². The van der Waals surface area contributed by atoms with Crippen molar-refractivity contribution in [3.05, 3.63) is 53.1 Å². The maximum Gasteiger partial charge on any atom is 0.261 e. The van der Waals surface area contributed by atoms with Crippen LogP contribution in [0.1, 0.15) is 58.1 Å². The molecular formula is C24H27NO6. The van der Waals surface area contributed by atoms with Crippen LogP contribution < -0.4 is 14.2 Å². The second-order valence-corrected chi connectivity index (χ2v) is 7.73. The first-order valence-electron chi connectivity index (χ1n) is 10.5. The third-order valence-electron chi connectivity index (χ3n) is 5.95. The van der Waals surface area contributed by atoms with E-state index in [0.29, 0.717) is 41.3 Å². The van der Waals surface area contributed by atoms with Gasteiger partial charge >= 0.3 is 0 Å². The van der Waals surface area contributed by atoms with Gasteiger partial charge in [0.05, 0.1) is 44.7 Å². The predicted octanol–water partition coefficient (Wildman–Crippen LogP) is 4.01. The van der Waals surface area contributed by atoms with Crippen LogP contribution in [0.15, 0.2) is 36.4 Å². The van der Waals surface area contributed by atoms with Crippen molar-refractivity contribution in [3.63, 3.8) is 0 Å². The van der Waals surface area contributed by atoms with Crippen LogP contribution in [-0.4, -0.2) is 50.7 Å². The van der Waals surface area contributed by atoms with Crippen molar-refractivity contribution in [1.29, 1.82) is 0 Å². The Morgan fingerprint density at radius 1 is 0.935 bits per heavy atom. The van der Waals surface area contributed by atoms with Crippen molar-refractivity contribution >= 4 is 11.8 Å². The zero-order valence-corrected chi connectivity index (χ0v) is 18.1. The molecule has 164 valence electrons. The summed E-state index contributed by atoms with van der Waals surface area (Å²) in [5.41, 5.74) is 1.97. The van der Waals surface area contributed by atoms with Gasteiger partial charge in [0.2, 0.25) is 5.75 Å². The largest absolute Gasteiger partial charge is 0.493 e. The maximum absolute atomic E-state index is 12.5. The fourth-order valence-corrected chi connectivity index (χ4v) is 4.37. The van der Waals surface area contributed by atoms with Crippen molar-refractivity contribution in [2.24, 2.45) is 0 Å². The SMILES string of the molecule is COc1cc(C2CCC(CCCN3C(=O)c4ccccc4C3=O)O2)cc(OC)c1OC. The molecule has 1 saturated heterocycles. The van der Waals surface area contributed by atoms with Crippen molar-refractivity contribution in [2.75, 3.05) is 27.9 Å². The van der Waals surface area contributed by atoms with Gasteiger partial charge in [0.1, 0.15) is 0 Å². The lowest BCUT2D eigenvalue weighted by Gasteiger charge is -2.19. The van der Waals surface area contributed by atoms with Crippen LogP contribution in [0.4, 0.5) is 0 Å². The van der Waals surface area contributed by atoms with E-state index in [-0.39, 0.29) is 24.0 Å². The molecule has 0 saturated carbocycles. The van der Waals surface area contributed by atoms with E-state index in [4.69, 9.17) is 18.9 Å². The van der Waals surface area contributed by atoms with Crippen molar-refractivity contribution < 1.29 is 28.5 Å². The molecule has 0 radical (unpaired) electrons. The first-order chi connectivity index (χ1) is 15.1. The molecular weight excluding hydrogens is 398 g/mol. The van der Waals surface area contributed by atoms with E-state index in [1.807, 2.05) is 12.1 Å². The minimum atomic E-state index is -0.205. The lowest BCUT2D eigenvalue weighted by Crippen LogP contribution is -2.31. The fraction of sp³-hybridized carbons (Fsp3) is 0.417. The van der Waals surface area contributed by atoms with Crippen LogP contribution in [-0.2, 0) is 4.74 Å². The molecule has 0 spiro atoms. The summed E-state index contributed by atoms with van der Waals surface area (Å²) >= 11 is 0. The van der Waals surface area contributed by atoms with E-state index in [1.54, 1.807) is 45.6 Å². The Hall–Kier alpha value is -3.06. The number of rotatable bonds is 8. The summed E-state index contributed by atoms with van der Waals surface area (Å²) < 4.78 is 22.5. The average Bonchev–Trinajstić information content (AvgIpc) is 3.37. The highest BCUT2D eigenvalue weighted by Gasteiger charge is 2.35. The van der Waals surface area contributed by atoms with E-state index in [9.17, 15) is 9.59 Å². The van der Waals surface area contributed by atoms with Gasteiger partial charge in [-0.05, 0) is 55.5 Å². The number of benzene rings is 2. The Balaban J connectivity index is 1.34. The summed E-state index contributed by atoms with van der Waals surface area (Å²) in [6.07, 6.45) is 3.32. The summed E-state index contributed by atoms with van der Waals surface area (Å²) in [6.45, 7) is 0.404. The highest BCUT2D eigenvalue weighted by Crippen LogP contribution is 2.43. The summed E-state index contributed by atoms with van der Waals surface area (Å²) in [7, 11) is 4.77. The highest BCUT2D eigenvalue weighted by molar-refractivity contribution is 6.21. The minimum absolute atomic E-state index is 0.0574. The second kappa shape index (κ2) is 8.98. The summed E-state index contributed by atoms with van der Waals surface area (Å²) in [5.74, 6) is 1.36. The monoisotopic (exact) mass is 425 g/mol. The number of fused-ring (bicyclic) bond motifs is 1. The van der Waals surface area contributed by atoms with Gasteiger partial charge in [0, 0.05) is 6.54 Å². The van der Waals surface area contributed by atoms with Crippen LogP contribution in [0, 0.1) is 0 Å². The molecule has 2 atom stereocenters. The molecule has 4 rings (SSSR count). The quantitative estimate of drug-likeness (QED) is 0.595. The van der Waals surface area contributed by atoms with E-state index in [0.717, 1.165) is 24.8 Å². The molecule has 2 heterocycles. The third-order valence-corrected chi connectivity index (χ3v) is 5.95. The van der Waals surface area contributed by atoms with Crippen LogP contribution in [0.5, 0.6) is 17.2 Å². The number of carbonyl (C=O) groups is 2. The molecule has 7 nitrogen and oxygen atoms in total. The number of hydrogen-bond acceptors (Lipinski definition) is 6. The number of amides is 2. The van der Waals surface area contributed by atoms with Gasteiger partial charge in [-0.2, -0.15) is 0 Å². The number of imide groups is 1. The van der Waals surface area contributed by atoms with Gasteiger partial charge in [-0.15, -0.1) is 0 Å². The Bertz CT molecular complexity index is 928. The first-order valence-corrected chi connectivity index (χ1v) is 10.5. The molecule has 7 heteroatoms. The van der Waals surface area contributed by atoms with Gasteiger partial charge < -0.3 is 18.9 Å². The van der Waals surface area contributed by atoms with E-state index in [1.165, 1.54) is 4.90 Å². The molecule has 2 aliphatic heterocycles. The molecule has 0 bridgehead atoms. The number of nitrogens with zero attached hydrogens (tertiary/aromatic N) is 1. The van der Waals surface area contributed by atoms with Crippen LogP contribution in [0.3, 0.4) is 0 Å². The lowest BCUT2D eigenvalue weighted by atomic mass is 10.0. The number of carbonyl (C=O) groups excluding carboxylic acids is 2. The predicted molar refractivity (Wildman–Crippen MR) is 114 cm³/mol. The molecule has 0 N–H and O–H groups in total. The molecule has 2 unspecified atom stereocenters. The van der Waals surface area contributed by atoms with Gasteiger partial charge in [0.15, 0.2) is 11.5 Å². The van der Waals surface area contributed by atoms with Gasteiger partial charge in [-0.25, -0.2) is 0 Å². The lowest BCUT2D eigenvalue weighted by molar-refractivity contribution is 0.0361.